The Hall–Kier alpha value is -0.640. The molecule has 0 aliphatic carbocycles. The molecule has 0 aromatic rings. The van der Waals surface area contributed by atoms with Crippen molar-refractivity contribution in [3.63, 3.8) is 0 Å². The van der Waals surface area contributed by atoms with E-state index in [1.54, 1.807) is 12.2 Å². The molecular formula is C14H26O3. The number of aliphatic hydroxyl groups excluding tert-OH is 3. The lowest BCUT2D eigenvalue weighted by atomic mass is 9.90. The third-order valence-corrected chi connectivity index (χ3v) is 2.76. The van der Waals surface area contributed by atoms with E-state index in [4.69, 9.17) is 10.2 Å². The molecule has 0 amide bonds. The highest BCUT2D eigenvalue weighted by Crippen LogP contribution is 2.20. The van der Waals surface area contributed by atoms with Gasteiger partial charge in [-0.2, -0.15) is 0 Å². The molecule has 17 heavy (non-hydrogen) atoms. The molecule has 3 nitrogen and oxygen atoms in total. The zero-order valence-electron chi connectivity index (χ0n) is 11.0. The number of hydrogen-bond acceptors (Lipinski definition) is 3. The Bertz CT molecular complexity index is 226. The third kappa shape index (κ3) is 7.31. The van der Waals surface area contributed by atoms with Crippen LogP contribution in [0.3, 0.4) is 0 Å². The predicted octanol–water partition coefficient (Wildman–Crippen LogP) is 1.89. The van der Waals surface area contributed by atoms with Crippen molar-refractivity contribution >= 4 is 0 Å². The summed E-state index contributed by atoms with van der Waals surface area (Å²) < 4.78 is 0. The maximum Gasteiger partial charge on any atom is 0.0786 e. The van der Waals surface area contributed by atoms with Gasteiger partial charge in [-0.25, -0.2) is 0 Å². The average molecular weight is 242 g/mol. The van der Waals surface area contributed by atoms with Gasteiger partial charge in [-0.05, 0) is 25.2 Å². The van der Waals surface area contributed by atoms with E-state index < -0.39 is 6.10 Å². The summed E-state index contributed by atoms with van der Waals surface area (Å²) in [5.74, 6) is 0.530. The van der Waals surface area contributed by atoms with Crippen LogP contribution < -0.4 is 0 Å². The third-order valence-electron chi connectivity index (χ3n) is 2.76. The Kier molecular flexibility index (Phi) is 9.04. The largest absolute Gasteiger partial charge is 0.396 e. The number of aliphatic hydroxyl groups is 3. The molecule has 0 spiro atoms. The Balaban J connectivity index is 4.55. The van der Waals surface area contributed by atoms with Crippen LogP contribution in [0.4, 0.5) is 0 Å². The van der Waals surface area contributed by atoms with Gasteiger partial charge in [-0.3, -0.25) is 0 Å². The maximum absolute atomic E-state index is 10.1. The summed E-state index contributed by atoms with van der Waals surface area (Å²) in [6, 6.07) is 0. The molecule has 0 saturated carbocycles. The second kappa shape index (κ2) is 9.40. The van der Waals surface area contributed by atoms with Crippen LogP contribution in [0.15, 0.2) is 24.3 Å². The zero-order chi connectivity index (χ0) is 13.3. The van der Waals surface area contributed by atoms with Crippen molar-refractivity contribution in [2.75, 3.05) is 13.2 Å². The standard InChI is InChI=1S/C14H26O3/c1-4-13(9-11(2)3)14(17)10-12(5-7-15)6-8-16/h4,10-11,13-17H,1,5-9H2,2-3H3. The minimum atomic E-state index is -0.581. The summed E-state index contributed by atoms with van der Waals surface area (Å²) in [4.78, 5) is 0. The van der Waals surface area contributed by atoms with Gasteiger partial charge in [0.15, 0.2) is 0 Å². The summed E-state index contributed by atoms with van der Waals surface area (Å²) in [5.41, 5.74) is 0.901. The van der Waals surface area contributed by atoms with Crippen molar-refractivity contribution in [1.29, 1.82) is 0 Å². The maximum atomic E-state index is 10.1. The molecule has 0 aliphatic heterocycles. The van der Waals surface area contributed by atoms with Gasteiger partial charge in [0.25, 0.3) is 0 Å². The van der Waals surface area contributed by atoms with Crippen molar-refractivity contribution in [3.8, 4) is 0 Å². The SMILES string of the molecule is C=CC(CC(C)C)C(O)C=C(CCO)CCO. The number of hydrogen-bond donors (Lipinski definition) is 3. The van der Waals surface area contributed by atoms with Gasteiger partial charge in [0, 0.05) is 19.1 Å². The molecular weight excluding hydrogens is 216 g/mol. The highest BCUT2D eigenvalue weighted by molar-refractivity contribution is 5.08. The van der Waals surface area contributed by atoms with Crippen LogP contribution in [-0.4, -0.2) is 34.6 Å². The minimum Gasteiger partial charge on any atom is -0.396 e. The minimum absolute atomic E-state index is 0.0300. The van der Waals surface area contributed by atoms with Crippen molar-refractivity contribution in [2.45, 2.75) is 39.2 Å². The Morgan fingerprint density at radius 1 is 1.18 bits per heavy atom. The molecule has 3 N–H and O–H groups in total. The fourth-order valence-electron chi connectivity index (χ4n) is 1.86. The highest BCUT2D eigenvalue weighted by Gasteiger charge is 2.15. The Morgan fingerprint density at radius 3 is 2.06 bits per heavy atom. The van der Waals surface area contributed by atoms with E-state index in [-0.39, 0.29) is 19.1 Å². The van der Waals surface area contributed by atoms with Gasteiger partial charge in [0.1, 0.15) is 0 Å². The first-order chi connectivity index (χ1) is 8.04. The first kappa shape index (κ1) is 16.4. The quantitative estimate of drug-likeness (QED) is 0.541. The molecule has 0 aliphatic rings. The first-order valence-electron chi connectivity index (χ1n) is 6.27. The summed E-state index contributed by atoms with van der Waals surface area (Å²) in [5, 5.41) is 27.9. The smallest absolute Gasteiger partial charge is 0.0786 e. The van der Waals surface area contributed by atoms with Crippen molar-refractivity contribution in [3.05, 3.63) is 24.3 Å². The normalized spacial score (nSPS) is 14.5. The predicted molar refractivity (Wildman–Crippen MR) is 70.6 cm³/mol. The van der Waals surface area contributed by atoms with Gasteiger partial charge in [0.05, 0.1) is 6.10 Å². The van der Waals surface area contributed by atoms with Crippen molar-refractivity contribution in [1.82, 2.24) is 0 Å². The Morgan fingerprint density at radius 2 is 1.71 bits per heavy atom. The van der Waals surface area contributed by atoms with Crippen LogP contribution in [-0.2, 0) is 0 Å². The van der Waals surface area contributed by atoms with E-state index in [0.29, 0.717) is 18.8 Å². The molecule has 0 radical (unpaired) electrons. The van der Waals surface area contributed by atoms with E-state index in [9.17, 15) is 5.11 Å². The summed E-state index contributed by atoms with van der Waals surface area (Å²) >= 11 is 0. The molecule has 0 saturated heterocycles. The summed E-state index contributed by atoms with van der Waals surface area (Å²) in [6.45, 7) is 8.05. The van der Waals surface area contributed by atoms with Crippen LogP contribution >= 0.6 is 0 Å². The second-order valence-corrected chi connectivity index (χ2v) is 4.79. The molecule has 3 heteroatoms. The molecule has 0 aromatic heterocycles. The van der Waals surface area contributed by atoms with Crippen LogP contribution in [0.25, 0.3) is 0 Å². The fraction of sp³-hybridized carbons (Fsp3) is 0.714. The lowest BCUT2D eigenvalue weighted by Crippen LogP contribution is -2.18. The molecule has 0 rings (SSSR count). The summed E-state index contributed by atoms with van der Waals surface area (Å²) in [6.07, 6.45) is 4.83. The van der Waals surface area contributed by atoms with Gasteiger partial charge in [-0.15, -0.1) is 6.58 Å². The molecule has 0 fully saturated rings. The lowest BCUT2D eigenvalue weighted by Gasteiger charge is -2.20. The Labute approximate surface area is 104 Å². The van der Waals surface area contributed by atoms with E-state index in [0.717, 1.165) is 12.0 Å². The van der Waals surface area contributed by atoms with Crippen LogP contribution in [0.1, 0.15) is 33.1 Å². The molecule has 100 valence electrons. The zero-order valence-corrected chi connectivity index (χ0v) is 11.0. The molecule has 0 heterocycles. The van der Waals surface area contributed by atoms with Gasteiger partial charge in [-0.1, -0.05) is 31.6 Å². The van der Waals surface area contributed by atoms with Gasteiger partial charge in [0.2, 0.25) is 0 Å². The molecule has 0 bridgehead atoms. The van der Waals surface area contributed by atoms with Gasteiger partial charge < -0.3 is 15.3 Å². The monoisotopic (exact) mass is 242 g/mol. The van der Waals surface area contributed by atoms with Gasteiger partial charge >= 0.3 is 0 Å². The number of rotatable bonds is 9. The first-order valence-corrected chi connectivity index (χ1v) is 6.27. The van der Waals surface area contributed by atoms with E-state index in [2.05, 4.69) is 20.4 Å². The van der Waals surface area contributed by atoms with E-state index >= 15 is 0 Å². The van der Waals surface area contributed by atoms with Crippen molar-refractivity contribution < 1.29 is 15.3 Å². The van der Waals surface area contributed by atoms with Crippen molar-refractivity contribution in [2.24, 2.45) is 11.8 Å². The highest BCUT2D eigenvalue weighted by atomic mass is 16.3. The lowest BCUT2D eigenvalue weighted by molar-refractivity contribution is 0.161. The van der Waals surface area contributed by atoms with E-state index in [1.165, 1.54) is 0 Å². The molecule has 0 aromatic carbocycles. The van der Waals surface area contributed by atoms with Crippen LogP contribution in [0, 0.1) is 11.8 Å². The molecule has 2 atom stereocenters. The second-order valence-electron chi connectivity index (χ2n) is 4.79. The van der Waals surface area contributed by atoms with E-state index in [1.807, 2.05) is 0 Å². The van der Waals surface area contributed by atoms with Crippen LogP contribution in [0.2, 0.25) is 0 Å². The average Bonchev–Trinajstić information content (AvgIpc) is 2.26. The van der Waals surface area contributed by atoms with Crippen LogP contribution in [0.5, 0.6) is 0 Å². The topological polar surface area (TPSA) is 60.7 Å². The molecule has 2 unspecified atom stereocenters. The fourth-order valence-corrected chi connectivity index (χ4v) is 1.86. The summed E-state index contributed by atoms with van der Waals surface area (Å²) in [7, 11) is 0.